The number of halogens is 3. The molecular weight excluding hydrogens is 197 g/mol. The average Bonchev–Trinajstić information content (AvgIpc) is 2.10. The first-order chi connectivity index (χ1) is 6.49. The third-order valence-corrected chi connectivity index (χ3v) is 1.70. The van der Waals surface area contributed by atoms with Crippen molar-refractivity contribution >= 4 is 5.78 Å². The van der Waals surface area contributed by atoms with Crippen molar-refractivity contribution in [2.75, 3.05) is 7.11 Å². The zero-order valence-corrected chi connectivity index (χ0v) is 7.53. The molecule has 0 aliphatic carbocycles. The normalized spacial score (nSPS) is 10.1. The van der Waals surface area contributed by atoms with Gasteiger partial charge in [0.05, 0.1) is 12.7 Å². The van der Waals surface area contributed by atoms with E-state index in [1.54, 1.807) is 0 Å². The Morgan fingerprint density at radius 2 is 1.86 bits per heavy atom. The number of rotatable bonds is 2. The van der Waals surface area contributed by atoms with Gasteiger partial charge in [0.15, 0.2) is 17.3 Å². The van der Waals surface area contributed by atoms with Crippen LogP contribution in [0.2, 0.25) is 0 Å². The lowest BCUT2D eigenvalue weighted by Crippen LogP contribution is -2.06. The summed E-state index contributed by atoms with van der Waals surface area (Å²) in [7, 11) is 1.07. The summed E-state index contributed by atoms with van der Waals surface area (Å²) < 4.78 is 43.4. The molecule has 1 aromatic rings. The van der Waals surface area contributed by atoms with Gasteiger partial charge >= 0.3 is 0 Å². The van der Waals surface area contributed by atoms with E-state index in [1.165, 1.54) is 0 Å². The Bertz CT molecular complexity index is 388. The second-order valence-electron chi connectivity index (χ2n) is 2.62. The summed E-state index contributed by atoms with van der Waals surface area (Å²) in [6.45, 7) is 0.952. The van der Waals surface area contributed by atoms with E-state index in [2.05, 4.69) is 4.74 Å². The molecule has 0 saturated carbocycles. The van der Waals surface area contributed by atoms with Crippen LogP contribution in [0.4, 0.5) is 13.2 Å². The third kappa shape index (κ3) is 1.57. The Hall–Kier alpha value is -1.52. The lowest BCUT2D eigenvalue weighted by Gasteiger charge is -2.06. The maximum Gasteiger partial charge on any atom is 0.201 e. The van der Waals surface area contributed by atoms with Crippen LogP contribution in [0.25, 0.3) is 0 Å². The Balaban J connectivity index is 3.49. The van der Waals surface area contributed by atoms with Crippen LogP contribution in [0, 0.1) is 17.5 Å². The first-order valence-electron chi connectivity index (χ1n) is 3.71. The molecular formula is C9H7F3O2. The SMILES string of the molecule is COc1cc(F)c(C(C)=O)c(F)c1F. The van der Waals surface area contributed by atoms with Crippen LogP contribution in [0.3, 0.4) is 0 Å². The summed E-state index contributed by atoms with van der Waals surface area (Å²) in [6, 6.07) is 0.634. The van der Waals surface area contributed by atoms with Gasteiger partial charge in [-0.1, -0.05) is 0 Å². The highest BCUT2D eigenvalue weighted by Gasteiger charge is 2.21. The molecule has 5 heteroatoms. The minimum atomic E-state index is -1.52. The number of Topliss-reactive ketones (excluding diaryl/α,β-unsaturated/α-hetero) is 1. The molecule has 0 unspecified atom stereocenters. The molecule has 1 rings (SSSR count). The quantitative estimate of drug-likeness (QED) is 0.545. The monoisotopic (exact) mass is 204 g/mol. The predicted octanol–water partition coefficient (Wildman–Crippen LogP) is 2.32. The van der Waals surface area contributed by atoms with Crippen molar-refractivity contribution < 1.29 is 22.7 Å². The molecule has 1 aromatic carbocycles. The predicted molar refractivity (Wildman–Crippen MR) is 42.9 cm³/mol. The van der Waals surface area contributed by atoms with Gasteiger partial charge in [-0.25, -0.2) is 8.78 Å². The highest BCUT2D eigenvalue weighted by Crippen LogP contribution is 2.25. The molecule has 0 amide bonds. The van der Waals surface area contributed by atoms with E-state index in [1.807, 2.05) is 0 Å². The molecule has 0 N–H and O–H groups in total. The van der Waals surface area contributed by atoms with Gasteiger partial charge in [0, 0.05) is 6.07 Å². The van der Waals surface area contributed by atoms with E-state index >= 15 is 0 Å². The van der Waals surface area contributed by atoms with Crippen LogP contribution < -0.4 is 4.74 Å². The minimum absolute atomic E-state index is 0.565. The number of benzene rings is 1. The second kappa shape index (κ2) is 3.69. The van der Waals surface area contributed by atoms with Crippen molar-refractivity contribution in [3.05, 3.63) is 29.1 Å². The zero-order valence-electron chi connectivity index (χ0n) is 7.53. The maximum atomic E-state index is 13.0. The second-order valence-corrected chi connectivity index (χ2v) is 2.62. The summed E-state index contributed by atoms with van der Waals surface area (Å²) in [5.74, 6) is -5.45. The standard InChI is InChI=1S/C9H7F3O2/c1-4(13)7-5(10)3-6(14-2)8(11)9(7)12/h3H,1-2H3. The van der Waals surface area contributed by atoms with Crippen LogP contribution in [-0.4, -0.2) is 12.9 Å². The van der Waals surface area contributed by atoms with Crippen LogP contribution in [-0.2, 0) is 0 Å². The van der Waals surface area contributed by atoms with Crippen LogP contribution in [0.1, 0.15) is 17.3 Å². The molecule has 0 aliphatic heterocycles. The Kier molecular flexibility index (Phi) is 2.78. The first kappa shape index (κ1) is 10.6. The van der Waals surface area contributed by atoms with Crippen molar-refractivity contribution in [3.63, 3.8) is 0 Å². The average molecular weight is 204 g/mol. The van der Waals surface area contributed by atoms with E-state index in [4.69, 9.17) is 0 Å². The maximum absolute atomic E-state index is 13.0. The van der Waals surface area contributed by atoms with E-state index in [-0.39, 0.29) is 0 Å². The molecule has 0 aliphatic rings. The molecule has 14 heavy (non-hydrogen) atoms. The number of ether oxygens (including phenoxy) is 1. The van der Waals surface area contributed by atoms with Crippen LogP contribution >= 0.6 is 0 Å². The Labute approximate surface area is 78.3 Å². The molecule has 0 saturated heterocycles. The van der Waals surface area contributed by atoms with Gasteiger partial charge in [0.1, 0.15) is 5.82 Å². The minimum Gasteiger partial charge on any atom is -0.493 e. The van der Waals surface area contributed by atoms with Gasteiger partial charge in [-0.3, -0.25) is 4.79 Å². The molecule has 0 bridgehead atoms. The van der Waals surface area contributed by atoms with Crippen molar-refractivity contribution in [3.8, 4) is 5.75 Å². The topological polar surface area (TPSA) is 26.3 Å². The summed E-state index contributed by atoms with van der Waals surface area (Å²) in [5, 5.41) is 0. The van der Waals surface area contributed by atoms with Crippen molar-refractivity contribution in [2.45, 2.75) is 6.92 Å². The summed E-state index contributed by atoms with van der Waals surface area (Å²) in [5.41, 5.74) is -0.886. The number of methoxy groups -OCH3 is 1. The van der Waals surface area contributed by atoms with Crippen molar-refractivity contribution in [1.82, 2.24) is 0 Å². The fourth-order valence-corrected chi connectivity index (χ4v) is 1.04. The van der Waals surface area contributed by atoms with Crippen molar-refractivity contribution in [2.24, 2.45) is 0 Å². The van der Waals surface area contributed by atoms with E-state index < -0.39 is 34.5 Å². The van der Waals surface area contributed by atoms with Gasteiger partial charge < -0.3 is 4.74 Å². The third-order valence-electron chi connectivity index (χ3n) is 1.70. The molecule has 0 atom stereocenters. The molecule has 0 aromatic heterocycles. The molecule has 0 radical (unpaired) electrons. The zero-order chi connectivity index (χ0) is 10.9. The number of carbonyl (C=O) groups excluding carboxylic acids is 1. The molecule has 0 heterocycles. The molecule has 0 spiro atoms. The highest BCUT2D eigenvalue weighted by atomic mass is 19.2. The Morgan fingerprint density at radius 1 is 1.29 bits per heavy atom. The Morgan fingerprint density at radius 3 is 2.29 bits per heavy atom. The van der Waals surface area contributed by atoms with Crippen molar-refractivity contribution in [1.29, 1.82) is 0 Å². The van der Waals surface area contributed by atoms with E-state index in [0.717, 1.165) is 14.0 Å². The van der Waals surface area contributed by atoms with Gasteiger partial charge in [-0.2, -0.15) is 4.39 Å². The molecule has 0 fully saturated rings. The molecule has 76 valence electrons. The van der Waals surface area contributed by atoms with Crippen LogP contribution in [0.5, 0.6) is 5.75 Å². The number of ketones is 1. The lowest BCUT2D eigenvalue weighted by atomic mass is 10.1. The van der Waals surface area contributed by atoms with Gasteiger partial charge in [-0.05, 0) is 6.92 Å². The number of hydrogen-bond acceptors (Lipinski definition) is 2. The van der Waals surface area contributed by atoms with Gasteiger partial charge in [0.25, 0.3) is 0 Å². The fraction of sp³-hybridized carbons (Fsp3) is 0.222. The first-order valence-corrected chi connectivity index (χ1v) is 3.71. The largest absolute Gasteiger partial charge is 0.493 e. The number of hydrogen-bond donors (Lipinski definition) is 0. The van der Waals surface area contributed by atoms with Crippen LogP contribution in [0.15, 0.2) is 6.07 Å². The smallest absolute Gasteiger partial charge is 0.201 e. The summed E-state index contributed by atoms with van der Waals surface area (Å²) >= 11 is 0. The van der Waals surface area contributed by atoms with Gasteiger partial charge in [0.2, 0.25) is 5.82 Å². The lowest BCUT2D eigenvalue weighted by molar-refractivity contribution is 0.100. The fourth-order valence-electron chi connectivity index (χ4n) is 1.04. The number of carbonyl (C=O) groups is 1. The summed E-state index contributed by atoms with van der Waals surface area (Å²) in [6.07, 6.45) is 0. The van der Waals surface area contributed by atoms with E-state index in [0.29, 0.717) is 6.07 Å². The van der Waals surface area contributed by atoms with Gasteiger partial charge in [-0.15, -0.1) is 0 Å². The van der Waals surface area contributed by atoms with E-state index in [9.17, 15) is 18.0 Å². The summed E-state index contributed by atoms with van der Waals surface area (Å²) in [4.78, 5) is 10.8. The highest BCUT2D eigenvalue weighted by molar-refractivity contribution is 5.94. The molecule has 2 nitrogen and oxygen atoms in total.